The predicted octanol–water partition coefficient (Wildman–Crippen LogP) is -1.63. The molecule has 0 saturated heterocycles. The van der Waals surface area contributed by atoms with Crippen molar-refractivity contribution in [2.75, 3.05) is 0 Å². The van der Waals surface area contributed by atoms with Crippen LogP contribution >= 0.6 is 0 Å². The number of hydrogen-bond donors (Lipinski definition) is 2. The number of aliphatic hydroxyl groups is 2. The van der Waals surface area contributed by atoms with Gasteiger partial charge in [0.2, 0.25) is 0 Å². The smallest absolute Gasteiger partial charge is 1.00 e. The van der Waals surface area contributed by atoms with E-state index in [1.165, 1.54) is 13.8 Å². The van der Waals surface area contributed by atoms with Crippen LogP contribution in [0.4, 0.5) is 0 Å². The molecule has 4 heteroatoms. The minimum atomic E-state index is -1.50. The van der Waals surface area contributed by atoms with Gasteiger partial charge in [0, 0.05) is 0 Å². The molecule has 2 nitrogen and oxygen atoms in total. The van der Waals surface area contributed by atoms with Gasteiger partial charge in [-0.2, -0.15) is 0 Å². The molecule has 0 aromatic carbocycles. The first-order chi connectivity index (χ1) is 2.00. The van der Waals surface area contributed by atoms with Gasteiger partial charge < -0.3 is 13.1 Å². The van der Waals surface area contributed by atoms with Gasteiger partial charge in [-0.1, -0.05) is 0 Å². The maximum absolute atomic E-state index is 8.08. The fourth-order valence-corrected chi connectivity index (χ4v) is 0. The van der Waals surface area contributed by atoms with E-state index in [4.69, 9.17) is 10.2 Å². The molecule has 0 aromatic heterocycles. The van der Waals surface area contributed by atoms with Crippen molar-refractivity contribution in [3.05, 3.63) is 0 Å². The van der Waals surface area contributed by atoms with E-state index in [2.05, 4.69) is 0 Å². The summed E-state index contributed by atoms with van der Waals surface area (Å²) in [6.45, 7) is 2.60. The largest absolute Gasteiger partial charge is 2.00 e. The molecule has 0 aliphatic heterocycles. The summed E-state index contributed by atoms with van der Waals surface area (Å²) in [4.78, 5) is 0. The zero-order chi connectivity index (χ0) is 4.50. The van der Waals surface area contributed by atoms with Gasteiger partial charge in [-0.25, -0.2) is 0 Å². The van der Waals surface area contributed by atoms with E-state index in [1.807, 2.05) is 0 Å². The molecular weight excluding hydrogens is 119 g/mol. The number of rotatable bonds is 0. The minimum Gasteiger partial charge on any atom is -1.00 e. The fourth-order valence-electron chi connectivity index (χ4n) is 0. The SMILES string of the molecule is CC(C)(O)O.[AlH3].[H-].[H-].[Mg+2]. The zero-order valence-corrected chi connectivity index (χ0v) is 5.52. The minimum absolute atomic E-state index is 0. The molecule has 0 spiro atoms. The van der Waals surface area contributed by atoms with Crippen molar-refractivity contribution >= 4 is 40.4 Å². The third kappa shape index (κ3) is 132. The van der Waals surface area contributed by atoms with E-state index in [9.17, 15) is 0 Å². The van der Waals surface area contributed by atoms with Crippen molar-refractivity contribution in [3.8, 4) is 0 Å². The maximum atomic E-state index is 8.08. The third-order valence-corrected chi connectivity index (χ3v) is 0. The average Bonchev–Trinajstić information content (AvgIpc) is 0.722. The monoisotopic (exact) mass is 132 g/mol. The Morgan fingerprint density at radius 2 is 1.29 bits per heavy atom. The summed E-state index contributed by atoms with van der Waals surface area (Å²) in [6, 6.07) is 0. The van der Waals surface area contributed by atoms with Gasteiger partial charge in [-0.05, 0) is 13.8 Å². The van der Waals surface area contributed by atoms with Crippen LogP contribution in [-0.4, -0.2) is 56.4 Å². The van der Waals surface area contributed by atoms with Gasteiger partial charge in [0.05, 0.1) is 0 Å². The summed E-state index contributed by atoms with van der Waals surface area (Å²) >= 11 is 0. The van der Waals surface area contributed by atoms with Gasteiger partial charge in [0.15, 0.2) is 23.1 Å². The average molecular weight is 132 g/mol. The van der Waals surface area contributed by atoms with E-state index in [1.54, 1.807) is 0 Å². The molecular formula is C3H13AlMgO2. The Morgan fingerprint density at radius 1 is 1.29 bits per heavy atom. The first-order valence-electron chi connectivity index (χ1n) is 1.45. The Bertz CT molecular complexity index is 35.3. The van der Waals surface area contributed by atoms with Crippen LogP contribution in [0.15, 0.2) is 0 Å². The molecule has 0 heterocycles. The van der Waals surface area contributed by atoms with Crippen LogP contribution in [0.1, 0.15) is 16.7 Å². The van der Waals surface area contributed by atoms with Crippen molar-refractivity contribution in [3.63, 3.8) is 0 Å². The van der Waals surface area contributed by atoms with Crippen LogP contribution in [-0.2, 0) is 0 Å². The second kappa shape index (κ2) is 5.36. The van der Waals surface area contributed by atoms with Crippen molar-refractivity contribution in [1.82, 2.24) is 0 Å². The van der Waals surface area contributed by atoms with Crippen molar-refractivity contribution in [2.45, 2.75) is 19.6 Å². The van der Waals surface area contributed by atoms with Gasteiger partial charge in [0.25, 0.3) is 0 Å². The molecule has 0 atom stereocenters. The van der Waals surface area contributed by atoms with Crippen molar-refractivity contribution < 1.29 is 13.1 Å². The summed E-state index contributed by atoms with van der Waals surface area (Å²) in [5, 5.41) is 16.2. The van der Waals surface area contributed by atoms with E-state index in [0.717, 1.165) is 0 Å². The van der Waals surface area contributed by atoms with E-state index in [-0.39, 0.29) is 43.3 Å². The Morgan fingerprint density at radius 3 is 1.29 bits per heavy atom. The second-order valence-electron chi connectivity index (χ2n) is 1.49. The Labute approximate surface area is 73.2 Å². The van der Waals surface area contributed by atoms with Crippen molar-refractivity contribution in [2.24, 2.45) is 0 Å². The zero-order valence-electron chi connectivity index (χ0n) is 6.10. The van der Waals surface area contributed by atoms with Crippen molar-refractivity contribution in [1.29, 1.82) is 0 Å². The fraction of sp³-hybridized carbons (Fsp3) is 1.00. The first-order valence-corrected chi connectivity index (χ1v) is 1.45. The topological polar surface area (TPSA) is 40.5 Å². The molecule has 0 amide bonds. The molecule has 0 bridgehead atoms. The summed E-state index contributed by atoms with van der Waals surface area (Å²) in [5.74, 6) is -1.50. The molecule has 0 aliphatic carbocycles. The van der Waals surface area contributed by atoms with Gasteiger partial charge >= 0.3 is 23.1 Å². The number of hydrogen-bond acceptors (Lipinski definition) is 2. The molecule has 0 rings (SSSR count). The molecule has 0 fully saturated rings. The standard InChI is InChI=1S/C3H8O2.Al.Mg.5H/c1-3(2,4)5;;;;;;;/h4-5H,1-2H3;;;;;;;/q;;+2;;;;2*-1. The quantitative estimate of drug-likeness (QED) is 0.307. The van der Waals surface area contributed by atoms with Crippen LogP contribution < -0.4 is 0 Å². The van der Waals surface area contributed by atoms with Crippen LogP contribution in [0.5, 0.6) is 0 Å². The molecule has 42 valence electrons. The van der Waals surface area contributed by atoms with Crippen LogP contribution in [0.2, 0.25) is 0 Å². The van der Waals surface area contributed by atoms with Gasteiger partial charge in [0.1, 0.15) is 0 Å². The third-order valence-electron chi connectivity index (χ3n) is 0. The van der Waals surface area contributed by atoms with Crippen LogP contribution in [0.3, 0.4) is 0 Å². The summed E-state index contributed by atoms with van der Waals surface area (Å²) < 4.78 is 0. The summed E-state index contributed by atoms with van der Waals surface area (Å²) in [7, 11) is 0. The van der Waals surface area contributed by atoms with E-state index < -0.39 is 5.79 Å². The molecule has 0 aliphatic rings. The van der Waals surface area contributed by atoms with Gasteiger partial charge in [-0.15, -0.1) is 0 Å². The second-order valence-corrected chi connectivity index (χ2v) is 1.49. The molecule has 7 heavy (non-hydrogen) atoms. The molecule has 2 N–H and O–H groups in total. The molecule has 0 unspecified atom stereocenters. The molecule has 0 saturated carbocycles. The predicted molar refractivity (Wildman–Crippen MR) is 36.4 cm³/mol. The van der Waals surface area contributed by atoms with Gasteiger partial charge in [-0.3, -0.25) is 0 Å². The Balaban J connectivity index is -0.0000000133. The van der Waals surface area contributed by atoms with Crippen LogP contribution in [0, 0.1) is 0 Å². The first kappa shape index (κ1) is 15.7. The van der Waals surface area contributed by atoms with E-state index >= 15 is 0 Å². The Kier molecular flexibility index (Phi) is 12.0. The molecule has 0 aromatic rings. The van der Waals surface area contributed by atoms with Crippen LogP contribution in [0.25, 0.3) is 0 Å². The maximum Gasteiger partial charge on any atom is 2.00 e. The Hall–Kier alpha value is 1.22. The summed E-state index contributed by atoms with van der Waals surface area (Å²) in [5.41, 5.74) is 0. The normalized spacial score (nSPS) is 8.57. The van der Waals surface area contributed by atoms with E-state index in [0.29, 0.717) is 0 Å². The molecule has 0 radical (unpaired) electrons. The summed E-state index contributed by atoms with van der Waals surface area (Å²) in [6.07, 6.45) is 0.